The van der Waals surface area contributed by atoms with Gasteiger partial charge in [0.25, 0.3) is 5.91 Å². The first-order valence-corrected chi connectivity index (χ1v) is 6.07. The van der Waals surface area contributed by atoms with Gasteiger partial charge in [-0.15, -0.1) is 34.5 Å². The quantitative estimate of drug-likeness (QED) is 0.716. The van der Waals surface area contributed by atoms with E-state index in [1.54, 1.807) is 11.5 Å². The second kappa shape index (κ2) is 3.34. The highest BCUT2D eigenvalue weighted by atomic mass is 35.5. The summed E-state index contributed by atoms with van der Waals surface area (Å²) in [5, 5.41) is 1.87. The summed E-state index contributed by atoms with van der Waals surface area (Å²) in [7, 11) is 1.84. The molecular formula is C9H10Cl2N2OS. The highest BCUT2D eigenvalue weighted by Gasteiger charge is 2.68. The van der Waals surface area contributed by atoms with Gasteiger partial charge in [-0.05, 0) is 13.3 Å². The molecule has 1 fully saturated rings. The summed E-state index contributed by atoms with van der Waals surface area (Å²) in [6, 6.07) is 0. The molecule has 0 spiro atoms. The van der Waals surface area contributed by atoms with Gasteiger partial charge in [0.2, 0.25) is 0 Å². The fraction of sp³-hybridized carbons (Fsp3) is 0.556. The number of aromatic nitrogens is 1. The number of aryl methyl sites for hydroxylation is 1. The molecule has 82 valence electrons. The van der Waals surface area contributed by atoms with Crippen molar-refractivity contribution in [3.63, 3.8) is 0 Å². The Bertz CT molecular complexity index is 476. The largest absolute Gasteiger partial charge is 0.327 e. The van der Waals surface area contributed by atoms with E-state index in [9.17, 15) is 4.79 Å². The molecule has 1 aliphatic rings. The molecule has 0 bridgehead atoms. The monoisotopic (exact) mass is 264 g/mol. The lowest BCUT2D eigenvalue weighted by Crippen LogP contribution is -2.21. The fourth-order valence-electron chi connectivity index (χ4n) is 1.28. The minimum Gasteiger partial charge on any atom is -0.327 e. The first kappa shape index (κ1) is 11.2. The number of hydrogen-bond acceptors (Lipinski definition) is 2. The first-order valence-electron chi connectivity index (χ1n) is 4.44. The lowest BCUT2D eigenvalue weighted by Gasteiger charge is -2.05. The maximum atomic E-state index is 11.8. The molecule has 2 rings (SSSR count). The molecule has 1 aliphatic carbocycles. The molecule has 0 aromatic carbocycles. The number of carbonyl (C=O) groups excluding carboxylic acids is 1. The van der Waals surface area contributed by atoms with Crippen LogP contribution < -0.4 is 4.80 Å². The van der Waals surface area contributed by atoms with Crippen molar-refractivity contribution in [1.29, 1.82) is 0 Å². The van der Waals surface area contributed by atoms with Crippen molar-refractivity contribution in [3.05, 3.63) is 16.4 Å². The van der Waals surface area contributed by atoms with Gasteiger partial charge >= 0.3 is 0 Å². The molecule has 1 aromatic heterocycles. The summed E-state index contributed by atoms with van der Waals surface area (Å²) in [6.45, 7) is 1.74. The normalized spacial score (nSPS) is 29.2. The lowest BCUT2D eigenvalue weighted by molar-refractivity contribution is -0.122. The molecule has 1 aromatic rings. The summed E-state index contributed by atoms with van der Waals surface area (Å²) in [5.41, 5.74) is -0.715. The van der Waals surface area contributed by atoms with Crippen LogP contribution in [0.1, 0.15) is 13.3 Å². The van der Waals surface area contributed by atoms with Crippen molar-refractivity contribution in [2.45, 2.75) is 17.7 Å². The van der Waals surface area contributed by atoms with E-state index in [-0.39, 0.29) is 5.91 Å². The molecular weight excluding hydrogens is 255 g/mol. The summed E-state index contributed by atoms with van der Waals surface area (Å²) >= 11 is 13.2. The summed E-state index contributed by atoms with van der Waals surface area (Å²) in [5.74, 6) is -0.245. The van der Waals surface area contributed by atoms with Crippen LogP contribution in [0.15, 0.2) is 16.6 Å². The van der Waals surface area contributed by atoms with Crippen LogP contribution in [0, 0.1) is 5.41 Å². The zero-order valence-corrected chi connectivity index (χ0v) is 10.7. The maximum Gasteiger partial charge on any atom is 0.257 e. The molecule has 1 amide bonds. The maximum absolute atomic E-state index is 11.8. The van der Waals surface area contributed by atoms with E-state index in [1.165, 1.54) is 11.3 Å². The zero-order chi connectivity index (χ0) is 11.3. The predicted octanol–water partition coefficient (Wildman–Crippen LogP) is 2.10. The second-order valence-electron chi connectivity index (χ2n) is 3.93. The minimum absolute atomic E-state index is 0.245. The average molecular weight is 265 g/mol. The number of thiazole rings is 1. The van der Waals surface area contributed by atoms with E-state index >= 15 is 0 Å². The Labute approximate surface area is 101 Å². The Morgan fingerprint density at radius 1 is 1.67 bits per heavy atom. The number of rotatable bonds is 1. The van der Waals surface area contributed by atoms with Crippen molar-refractivity contribution in [1.82, 2.24) is 4.57 Å². The molecule has 1 heterocycles. The third-order valence-electron chi connectivity index (χ3n) is 2.69. The van der Waals surface area contributed by atoms with Gasteiger partial charge < -0.3 is 4.57 Å². The first-order chi connectivity index (χ1) is 6.87. The van der Waals surface area contributed by atoms with Crippen LogP contribution in [0.4, 0.5) is 0 Å². The molecule has 6 heteroatoms. The average Bonchev–Trinajstić information content (AvgIpc) is 2.48. The van der Waals surface area contributed by atoms with E-state index in [1.807, 2.05) is 18.6 Å². The van der Waals surface area contributed by atoms with Crippen LogP contribution in [0.3, 0.4) is 0 Å². The molecule has 1 atom stereocenters. The number of carbonyl (C=O) groups is 1. The Balaban J connectivity index is 2.30. The molecule has 0 radical (unpaired) electrons. The lowest BCUT2D eigenvalue weighted by atomic mass is 10.1. The van der Waals surface area contributed by atoms with Gasteiger partial charge in [-0.2, -0.15) is 4.99 Å². The molecule has 1 saturated carbocycles. The standard InChI is InChI=1S/C9H10Cl2N2OS/c1-8(5-9(8,10)11)6(14)12-7-13(2)3-4-15-7/h3-4H,5H2,1-2H3/t8-/m0/s1. The number of alkyl halides is 2. The smallest absolute Gasteiger partial charge is 0.257 e. The second-order valence-corrected chi connectivity index (χ2v) is 6.28. The van der Waals surface area contributed by atoms with Crippen LogP contribution in [0.25, 0.3) is 0 Å². The SMILES string of the molecule is Cn1ccsc1=NC(=O)[C@]1(C)CC1(Cl)Cl. The summed E-state index contributed by atoms with van der Waals surface area (Å²) in [4.78, 5) is 16.5. The third kappa shape index (κ3) is 1.75. The predicted molar refractivity (Wildman–Crippen MR) is 61.0 cm³/mol. The van der Waals surface area contributed by atoms with Gasteiger partial charge in [0.05, 0.1) is 5.41 Å². The van der Waals surface area contributed by atoms with Crippen molar-refractivity contribution >= 4 is 40.4 Å². The molecule has 0 saturated heterocycles. The zero-order valence-electron chi connectivity index (χ0n) is 8.33. The van der Waals surface area contributed by atoms with Crippen LogP contribution in [-0.4, -0.2) is 14.8 Å². The van der Waals surface area contributed by atoms with E-state index in [4.69, 9.17) is 23.2 Å². The van der Waals surface area contributed by atoms with Crippen LogP contribution in [-0.2, 0) is 11.8 Å². The van der Waals surface area contributed by atoms with Gasteiger partial charge in [0, 0.05) is 18.6 Å². The summed E-state index contributed by atoms with van der Waals surface area (Å²) in [6.07, 6.45) is 2.32. The van der Waals surface area contributed by atoms with Gasteiger partial charge in [0.1, 0.15) is 4.33 Å². The van der Waals surface area contributed by atoms with Crippen LogP contribution >= 0.6 is 34.5 Å². The number of nitrogens with zero attached hydrogens (tertiary/aromatic N) is 2. The highest BCUT2D eigenvalue weighted by Crippen LogP contribution is 2.64. The Kier molecular flexibility index (Phi) is 2.48. The number of halogens is 2. The minimum atomic E-state index is -0.941. The topological polar surface area (TPSA) is 34.4 Å². The van der Waals surface area contributed by atoms with Crippen LogP contribution in [0.2, 0.25) is 0 Å². The van der Waals surface area contributed by atoms with E-state index in [2.05, 4.69) is 4.99 Å². The Morgan fingerprint density at radius 3 is 2.67 bits per heavy atom. The molecule has 3 nitrogen and oxygen atoms in total. The van der Waals surface area contributed by atoms with Gasteiger partial charge in [-0.3, -0.25) is 4.79 Å². The molecule has 0 N–H and O–H groups in total. The van der Waals surface area contributed by atoms with E-state index < -0.39 is 9.75 Å². The highest BCUT2D eigenvalue weighted by molar-refractivity contribution is 7.07. The van der Waals surface area contributed by atoms with Crippen molar-refractivity contribution < 1.29 is 4.79 Å². The molecule has 15 heavy (non-hydrogen) atoms. The number of amides is 1. The number of hydrogen-bond donors (Lipinski definition) is 0. The van der Waals surface area contributed by atoms with Crippen molar-refractivity contribution in [2.24, 2.45) is 17.5 Å². The van der Waals surface area contributed by atoms with Gasteiger partial charge in [0.15, 0.2) is 4.80 Å². The van der Waals surface area contributed by atoms with Crippen LogP contribution in [0.5, 0.6) is 0 Å². The van der Waals surface area contributed by atoms with E-state index in [0.29, 0.717) is 11.2 Å². The van der Waals surface area contributed by atoms with Gasteiger partial charge in [-0.25, -0.2) is 0 Å². The van der Waals surface area contributed by atoms with Crippen molar-refractivity contribution in [2.75, 3.05) is 0 Å². The van der Waals surface area contributed by atoms with Gasteiger partial charge in [-0.1, -0.05) is 0 Å². The Morgan fingerprint density at radius 2 is 2.27 bits per heavy atom. The Hall–Kier alpha value is -0.320. The van der Waals surface area contributed by atoms with Crippen molar-refractivity contribution in [3.8, 4) is 0 Å². The third-order valence-corrected chi connectivity index (χ3v) is 4.64. The molecule has 0 aliphatic heterocycles. The van der Waals surface area contributed by atoms with E-state index in [0.717, 1.165) is 0 Å². The molecule has 0 unspecified atom stereocenters. The summed E-state index contributed by atoms with van der Waals surface area (Å²) < 4.78 is 0.849. The fourth-order valence-corrected chi connectivity index (χ4v) is 2.70.